The van der Waals surface area contributed by atoms with E-state index >= 15 is 0 Å². The molecule has 1 heterocycles. The second-order valence-electron chi connectivity index (χ2n) is 2.55. The molecule has 2 N–H and O–H groups in total. The standard InChI is InChI=1S/C9H10NO2.Na.H2O/c1-3-4-7-5-8(6(2)11)9(12)10-7;;/h3-4,7H,1-2H3,(H,10,12);;1H2/q-1;+1;/p-1. The summed E-state index contributed by atoms with van der Waals surface area (Å²) in [6.45, 7) is 3.21. The molecule has 0 bridgehead atoms. The molecule has 1 unspecified atom stereocenters. The SMILES string of the molecule is CC=CC1[C-]=C(C(C)=O)C(=O)N1.[Na+].[OH-]. The first-order valence-electron chi connectivity index (χ1n) is 3.73. The Balaban J connectivity index is 0. The Kier molecular flexibility index (Phi) is 7.96. The van der Waals surface area contributed by atoms with Gasteiger partial charge in [0, 0.05) is 6.04 Å². The summed E-state index contributed by atoms with van der Waals surface area (Å²) in [5, 5.41) is 2.59. The van der Waals surface area contributed by atoms with Crippen LogP contribution in [0.25, 0.3) is 0 Å². The number of amides is 1. The molecule has 0 saturated carbocycles. The van der Waals surface area contributed by atoms with Crippen LogP contribution in [0.4, 0.5) is 0 Å². The average molecular weight is 204 g/mol. The van der Waals surface area contributed by atoms with Crippen molar-refractivity contribution in [2.45, 2.75) is 19.9 Å². The Morgan fingerprint density at radius 3 is 2.50 bits per heavy atom. The van der Waals surface area contributed by atoms with Crippen LogP contribution >= 0.6 is 0 Å². The van der Waals surface area contributed by atoms with Crippen LogP contribution < -0.4 is 34.9 Å². The molecule has 0 saturated heterocycles. The molecule has 14 heavy (non-hydrogen) atoms. The van der Waals surface area contributed by atoms with E-state index in [1.54, 1.807) is 12.2 Å². The summed E-state index contributed by atoms with van der Waals surface area (Å²) in [6.07, 6.45) is 6.34. The first-order chi connectivity index (χ1) is 5.65. The van der Waals surface area contributed by atoms with Crippen LogP contribution in [0.2, 0.25) is 0 Å². The monoisotopic (exact) mass is 204 g/mol. The fourth-order valence-corrected chi connectivity index (χ4v) is 1.02. The van der Waals surface area contributed by atoms with Gasteiger partial charge in [-0.2, -0.15) is 6.08 Å². The molecule has 0 aromatic carbocycles. The van der Waals surface area contributed by atoms with E-state index < -0.39 is 0 Å². The Labute approximate surface area is 105 Å². The Morgan fingerprint density at radius 2 is 2.14 bits per heavy atom. The van der Waals surface area contributed by atoms with Gasteiger partial charge in [0.15, 0.2) is 0 Å². The number of hydrogen-bond donors (Lipinski definition) is 1. The number of nitrogens with one attached hydrogen (secondary N) is 1. The van der Waals surface area contributed by atoms with Gasteiger partial charge in [-0.3, -0.25) is 0 Å². The number of carbonyl (C=O) groups excluding carboxylic acids is 2. The zero-order valence-electron chi connectivity index (χ0n) is 8.50. The second-order valence-corrected chi connectivity index (χ2v) is 2.55. The number of hydrogen-bond acceptors (Lipinski definition) is 3. The van der Waals surface area contributed by atoms with E-state index in [1.807, 2.05) is 6.92 Å². The van der Waals surface area contributed by atoms with Gasteiger partial charge < -0.3 is 20.4 Å². The Bertz CT molecular complexity index is 284. The zero-order valence-corrected chi connectivity index (χ0v) is 10.5. The van der Waals surface area contributed by atoms with E-state index in [9.17, 15) is 9.59 Å². The minimum Gasteiger partial charge on any atom is -0.870 e. The van der Waals surface area contributed by atoms with Crippen LogP contribution in [0.3, 0.4) is 0 Å². The summed E-state index contributed by atoms with van der Waals surface area (Å²) in [7, 11) is 0. The molecule has 72 valence electrons. The zero-order chi connectivity index (χ0) is 9.14. The van der Waals surface area contributed by atoms with E-state index in [1.165, 1.54) is 6.92 Å². The molecule has 0 aromatic heterocycles. The summed E-state index contributed by atoms with van der Waals surface area (Å²) in [6, 6.07) is -0.235. The quantitative estimate of drug-likeness (QED) is 0.228. The first-order valence-corrected chi connectivity index (χ1v) is 3.73. The maximum Gasteiger partial charge on any atom is 1.00 e. The third kappa shape index (κ3) is 3.75. The van der Waals surface area contributed by atoms with Crippen LogP contribution in [0.1, 0.15) is 13.8 Å². The fourth-order valence-electron chi connectivity index (χ4n) is 1.02. The van der Waals surface area contributed by atoms with Crippen molar-refractivity contribution >= 4 is 11.7 Å². The predicted molar refractivity (Wildman–Crippen MR) is 46.1 cm³/mol. The smallest absolute Gasteiger partial charge is 0.870 e. The van der Waals surface area contributed by atoms with Gasteiger partial charge in [0.1, 0.15) is 5.91 Å². The molecule has 4 nitrogen and oxygen atoms in total. The van der Waals surface area contributed by atoms with Gasteiger partial charge in [0.25, 0.3) is 0 Å². The topological polar surface area (TPSA) is 76.2 Å². The summed E-state index contributed by atoms with van der Waals surface area (Å²) < 4.78 is 0. The molecule has 1 aliphatic heterocycles. The molecule has 0 aromatic rings. The molecule has 0 aliphatic carbocycles. The molecular weight excluding hydrogens is 193 g/mol. The van der Waals surface area contributed by atoms with Gasteiger partial charge in [-0.05, 0) is 13.8 Å². The molecule has 1 aliphatic rings. The van der Waals surface area contributed by atoms with Gasteiger partial charge in [0.05, 0.1) is 5.78 Å². The Hall–Kier alpha value is -0.420. The number of carbonyl (C=O) groups is 2. The number of rotatable bonds is 2. The number of Topliss-reactive ketones (excluding diaryl/α,β-unsaturated/α-hetero) is 1. The van der Waals surface area contributed by atoms with Crippen molar-refractivity contribution in [3.63, 3.8) is 0 Å². The number of ketones is 1. The maximum absolute atomic E-state index is 11.0. The van der Waals surface area contributed by atoms with Crippen molar-refractivity contribution in [1.29, 1.82) is 0 Å². The third-order valence-electron chi connectivity index (χ3n) is 1.55. The molecule has 1 atom stereocenters. The van der Waals surface area contributed by atoms with Crippen molar-refractivity contribution in [2.24, 2.45) is 0 Å². The molecule has 0 radical (unpaired) electrons. The molecule has 1 amide bonds. The van der Waals surface area contributed by atoms with Gasteiger partial charge in [-0.15, -0.1) is 0 Å². The average Bonchev–Trinajstić information content (AvgIpc) is 2.32. The van der Waals surface area contributed by atoms with Crippen molar-refractivity contribution in [3.8, 4) is 0 Å². The number of allylic oxidation sites excluding steroid dienone is 1. The maximum atomic E-state index is 11.0. The fraction of sp³-hybridized carbons (Fsp3) is 0.333. The molecule has 5 heteroatoms. The normalized spacial score (nSPS) is 19.4. The van der Waals surface area contributed by atoms with Crippen molar-refractivity contribution < 1.29 is 44.6 Å². The minimum absolute atomic E-state index is 0. The van der Waals surface area contributed by atoms with E-state index in [0.717, 1.165) is 0 Å². The molecule has 0 fully saturated rings. The summed E-state index contributed by atoms with van der Waals surface area (Å²) in [5.41, 5.74) is 0.137. The summed E-state index contributed by atoms with van der Waals surface area (Å²) in [5.74, 6) is -0.565. The third-order valence-corrected chi connectivity index (χ3v) is 1.55. The van der Waals surface area contributed by atoms with Crippen LogP contribution in [0.15, 0.2) is 17.7 Å². The Morgan fingerprint density at radius 1 is 1.57 bits per heavy atom. The van der Waals surface area contributed by atoms with Crippen molar-refractivity contribution in [2.75, 3.05) is 0 Å². The molecule has 1 rings (SSSR count). The van der Waals surface area contributed by atoms with Crippen molar-refractivity contribution in [1.82, 2.24) is 5.32 Å². The van der Waals surface area contributed by atoms with Gasteiger partial charge in [0.2, 0.25) is 0 Å². The minimum atomic E-state index is -0.328. The van der Waals surface area contributed by atoms with Crippen LogP contribution in [-0.4, -0.2) is 23.2 Å². The van der Waals surface area contributed by atoms with E-state index in [2.05, 4.69) is 11.4 Å². The summed E-state index contributed by atoms with van der Waals surface area (Å²) in [4.78, 5) is 21.9. The first kappa shape index (κ1) is 16.0. The van der Waals surface area contributed by atoms with Gasteiger partial charge in [-0.25, -0.2) is 0 Å². The van der Waals surface area contributed by atoms with Gasteiger partial charge >= 0.3 is 29.6 Å². The van der Waals surface area contributed by atoms with E-state index in [4.69, 9.17) is 0 Å². The van der Waals surface area contributed by atoms with Crippen LogP contribution in [0.5, 0.6) is 0 Å². The molecule has 0 spiro atoms. The summed E-state index contributed by atoms with van der Waals surface area (Å²) >= 11 is 0. The predicted octanol–water partition coefficient (Wildman–Crippen LogP) is -2.79. The van der Waals surface area contributed by atoms with Crippen LogP contribution in [-0.2, 0) is 9.59 Å². The second kappa shape index (κ2) is 6.95. The molecular formula is C9H11NNaO3-. The van der Waals surface area contributed by atoms with Crippen molar-refractivity contribution in [3.05, 3.63) is 23.8 Å². The van der Waals surface area contributed by atoms with Gasteiger partial charge in [-0.1, -0.05) is 17.7 Å². The van der Waals surface area contributed by atoms with Crippen LogP contribution in [0, 0.1) is 6.08 Å². The largest absolute Gasteiger partial charge is 1.00 e. The van der Waals surface area contributed by atoms with E-state index in [0.29, 0.717) is 0 Å². The van der Waals surface area contributed by atoms with E-state index in [-0.39, 0.29) is 58.3 Å².